The van der Waals surface area contributed by atoms with Crippen molar-refractivity contribution in [2.45, 2.75) is 46.1 Å². The summed E-state index contributed by atoms with van der Waals surface area (Å²) in [6, 6.07) is 0. The van der Waals surface area contributed by atoms with Gasteiger partial charge in [-0.1, -0.05) is 0 Å². The van der Waals surface area contributed by atoms with Crippen LogP contribution in [0.5, 0.6) is 0 Å². The highest BCUT2D eigenvalue weighted by Crippen LogP contribution is 2.06. The first-order valence-electron chi connectivity index (χ1n) is 5.54. The molecule has 0 aromatic rings. The van der Waals surface area contributed by atoms with Gasteiger partial charge in [-0.2, -0.15) is 0 Å². The molecule has 0 aromatic heterocycles. The van der Waals surface area contributed by atoms with Gasteiger partial charge in [-0.05, 0) is 40.5 Å². The van der Waals surface area contributed by atoms with Crippen LogP contribution in [0.4, 0.5) is 4.79 Å². The molecule has 0 aromatic carbocycles. The van der Waals surface area contributed by atoms with Gasteiger partial charge in [0.25, 0.3) is 0 Å². The summed E-state index contributed by atoms with van der Waals surface area (Å²) in [7, 11) is 0. The van der Waals surface area contributed by atoms with Gasteiger partial charge in [0, 0.05) is 13.1 Å². The van der Waals surface area contributed by atoms with E-state index in [-0.39, 0.29) is 6.09 Å². The lowest BCUT2D eigenvalue weighted by Crippen LogP contribution is -2.33. The van der Waals surface area contributed by atoms with E-state index in [0.717, 1.165) is 12.8 Å². The van der Waals surface area contributed by atoms with Crippen molar-refractivity contribution >= 4 is 11.9 Å². The number of amides is 1. The van der Waals surface area contributed by atoms with Gasteiger partial charge in [0.15, 0.2) is 0 Å². The third-order valence-corrected chi connectivity index (χ3v) is 1.61. The molecule has 0 aliphatic heterocycles. The molecule has 16 heavy (non-hydrogen) atoms. The molecule has 0 atom stereocenters. The van der Waals surface area contributed by atoms with Crippen LogP contribution in [0.15, 0.2) is 4.99 Å². The normalized spacial score (nSPS) is 12.4. The fourth-order valence-electron chi connectivity index (χ4n) is 0.997. The predicted octanol–water partition coefficient (Wildman–Crippen LogP) is 1.67. The quantitative estimate of drug-likeness (QED) is 0.427. The van der Waals surface area contributed by atoms with Crippen molar-refractivity contribution in [3.05, 3.63) is 0 Å². The third-order valence-electron chi connectivity index (χ3n) is 1.61. The number of rotatable bonds is 5. The standard InChI is InChI=1S/C11H23N3O2/c1-9(12)13-7-5-6-8-14-10(15)16-11(2,3)4/h5-8H2,1-4H3,(H2,12,13)(H,14,15). The number of nitrogens with zero attached hydrogens (tertiary/aromatic N) is 1. The number of aliphatic imine (C=N–C) groups is 1. The fraction of sp³-hybridized carbons (Fsp3) is 0.818. The maximum Gasteiger partial charge on any atom is 0.407 e. The van der Waals surface area contributed by atoms with Gasteiger partial charge in [0.2, 0.25) is 0 Å². The number of nitrogens with two attached hydrogens (primary N) is 1. The number of alkyl carbamates (subject to hydrolysis) is 1. The van der Waals surface area contributed by atoms with Crippen LogP contribution in [0.25, 0.3) is 0 Å². The van der Waals surface area contributed by atoms with E-state index in [1.165, 1.54) is 0 Å². The molecule has 0 aliphatic rings. The van der Waals surface area contributed by atoms with E-state index in [4.69, 9.17) is 10.5 Å². The Hall–Kier alpha value is -1.26. The molecule has 0 saturated carbocycles. The Kier molecular flexibility index (Phi) is 6.53. The van der Waals surface area contributed by atoms with Gasteiger partial charge < -0.3 is 15.8 Å². The van der Waals surface area contributed by atoms with E-state index < -0.39 is 5.60 Å². The Balaban J connectivity index is 3.46. The summed E-state index contributed by atoms with van der Waals surface area (Å²) in [5.74, 6) is 0.597. The summed E-state index contributed by atoms with van der Waals surface area (Å²) in [4.78, 5) is 15.3. The lowest BCUT2D eigenvalue weighted by molar-refractivity contribution is 0.0527. The van der Waals surface area contributed by atoms with Crippen LogP contribution in [0.1, 0.15) is 40.5 Å². The number of nitrogens with one attached hydrogen (secondary N) is 1. The Labute approximate surface area is 97.4 Å². The summed E-state index contributed by atoms with van der Waals surface area (Å²) >= 11 is 0. The second-order valence-electron chi connectivity index (χ2n) is 4.66. The molecule has 0 rings (SSSR count). The van der Waals surface area contributed by atoms with Crippen molar-refractivity contribution in [3.8, 4) is 0 Å². The van der Waals surface area contributed by atoms with Crippen LogP contribution in [0.2, 0.25) is 0 Å². The van der Waals surface area contributed by atoms with E-state index in [2.05, 4.69) is 10.3 Å². The lowest BCUT2D eigenvalue weighted by Gasteiger charge is -2.19. The van der Waals surface area contributed by atoms with Crippen LogP contribution >= 0.6 is 0 Å². The van der Waals surface area contributed by atoms with E-state index in [1.54, 1.807) is 6.92 Å². The third kappa shape index (κ3) is 10.8. The van der Waals surface area contributed by atoms with Crippen LogP contribution in [-0.2, 0) is 4.74 Å². The van der Waals surface area contributed by atoms with Gasteiger partial charge in [0.1, 0.15) is 5.60 Å². The van der Waals surface area contributed by atoms with Gasteiger partial charge in [-0.15, -0.1) is 0 Å². The van der Waals surface area contributed by atoms with Gasteiger partial charge in [-0.3, -0.25) is 4.99 Å². The van der Waals surface area contributed by atoms with Gasteiger partial charge in [0.05, 0.1) is 5.84 Å². The van der Waals surface area contributed by atoms with Gasteiger partial charge >= 0.3 is 6.09 Å². The molecule has 0 aliphatic carbocycles. The Morgan fingerprint density at radius 2 is 2.00 bits per heavy atom. The van der Waals surface area contributed by atoms with E-state index in [9.17, 15) is 4.79 Å². The topological polar surface area (TPSA) is 76.7 Å². The lowest BCUT2D eigenvalue weighted by atomic mass is 10.2. The number of hydrogen-bond donors (Lipinski definition) is 2. The molecule has 0 spiro atoms. The van der Waals surface area contributed by atoms with Crippen molar-refractivity contribution in [1.29, 1.82) is 0 Å². The van der Waals surface area contributed by atoms with E-state index in [1.807, 2.05) is 20.8 Å². The van der Waals surface area contributed by atoms with Crippen molar-refractivity contribution < 1.29 is 9.53 Å². The maximum absolute atomic E-state index is 11.2. The molecular formula is C11H23N3O2. The minimum atomic E-state index is -0.439. The first-order valence-corrected chi connectivity index (χ1v) is 5.54. The average Bonchev–Trinajstić information content (AvgIpc) is 2.07. The van der Waals surface area contributed by atoms with Crippen molar-refractivity contribution in [3.63, 3.8) is 0 Å². The number of amidine groups is 1. The second kappa shape index (κ2) is 7.09. The van der Waals surface area contributed by atoms with Crippen LogP contribution in [0.3, 0.4) is 0 Å². The van der Waals surface area contributed by atoms with Crippen molar-refractivity contribution in [2.24, 2.45) is 10.7 Å². The number of hydrogen-bond acceptors (Lipinski definition) is 3. The SMILES string of the molecule is CC(N)=NCCCCNC(=O)OC(C)(C)C. The van der Waals surface area contributed by atoms with Crippen LogP contribution in [-0.4, -0.2) is 30.6 Å². The first kappa shape index (κ1) is 14.7. The maximum atomic E-state index is 11.2. The molecule has 0 bridgehead atoms. The number of carbonyl (C=O) groups is 1. The number of ether oxygens (including phenoxy) is 1. The highest BCUT2D eigenvalue weighted by Gasteiger charge is 2.15. The predicted molar refractivity (Wildman–Crippen MR) is 65.6 cm³/mol. The molecule has 5 heteroatoms. The molecule has 3 N–H and O–H groups in total. The number of carbonyl (C=O) groups excluding carboxylic acids is 1. The average molecular weight is 229 g/mol. The second-order valence-corrected chi connectivity index (χ2v) is 4.66. The van der Waals surface area contributed by atoms with Crippen LogP contribution < -0.4 is 11.1 Å². The minimum Gasteiger partial charge on any atom is -0.444 e. The molecule has 0 fully saturated rings. The monoisotopic (exact) mass is 229 g/mol. The summed E-state index contributed by atoms with van der Waals surface area (Å²) in [5.41, 5.74) is 4.95. The molecule has 0 heterocycles. The molecule has 0 unspecified atom stereocenters. The molecule has 1 amide bonds. The zero-order chi connectivity index (χ0) is 12.6. The molecular weight excluding hydrogens is 206 g/mol. The Morgan fingerprint density at radius 3 is 2.50 bits per heavy atom. The largest absolute Gasteiger partial charge is 0.444 e. The summed E-state index contributed by atoms with van der Waals surface area (Å²) in [5, 5.41) is 2.69. The molecule has 5 nitrogen and oxygen atoms in total. The highest BCUT2D eigenvalue weighted by molar-refractivity contribution is 5.77. The first-order chi connectivity index (χ1) is 7.31. The number of unbranched alkanes of at least 4 members (excludes halogenated alkanes) is 1. The minimum absolute atomic E-state index is 0.369. The summed E-state index contributed by atoms with van der Waals surface area (Å²) in [6.07, 6.45) is 1.41. The van der Waals surface area contributed by atoms with E-state index >= 15 is 0 Å². The summed E-state index contributed by atoms with van der Waals surface area (Å²) < 4.78 is 5.08. The van der Waals surface area contributed by atoms with E-state index in [0.29, 0.717) is 18.9 Å². The summed E-state index contributed by atoms with van der Waals surface area (Å²) in [6.45, 7) is 8.59. The van der Waals surface area contributed by atoms with Crippen molar-refractivity contribution in [2.75, 3.05) is 13.1 Å². The van der Waals surface area contributed by atoms with Crippen LogP contribution in [0, 0.1) is 0 Å². The zero-order valence-electron chi connectivity index (χ0n) is 10.7. The molecule has 94 valence electrons. The van der Waals surface area contributed by atoms with Gasteiger partial charge in [-0.25, -0.2) is 4.79 Å². The smallest absolute Gasteiger partial charge is 0.407 e. The Morgan fingerprint density at radius 1 is 1.38 bits per heavy atom. The molecule has 0 radical (unpaired) electrons. The Bertz CT molecular complexity index is 240. The zero-order valence-corrected chi connectivity index (χ0v) is 10.7. The fourth-order valence-corrected chi connectivity index (χ4v) is 0.997. The molecule has 0 saturated heterocycles. The highest BCUT2D eigenvalue weighted by atomic mass is 16.6. The van der Waals surface area contributed by atoms with Crippen molar-refractivity contribution in [1.82, 2.24) is 5.32 Å².